The molecule has 0 unspecified atom stereocenters. The maximum Gasteiger partial charge on any atom is 0.164 e. The number of halogens is 1. The summed E-state index contributed by atoms with van der Waals surface area (Å²) in [4.78, 5) is 11.8. The molecule has 0 N–H and O–H groups in total. The Morgan fingerprint density at radius 3 is 2.67 bits per heavy atom. The summed E-state index contributed by atoms with van der Waals surface area (Å²) in [7, 11) is 0. The molecule has 0 aliphatic heterocycles. The fraction of sp³-hybridized carbons (Fsp3) is 0.692. The Labute approximate surface area is 117 Å². The standard InChI is InChI=1S/C13H21BrN2O2/c1-4-7-18-9-10(17)8-12-13(14)11(5-2)15-16(12)6-3/h4-9H2,1-3H3. The first-order chi connectivity index (χ1) is 8.63. The van der Waals surface area contributed by atoms with Gasteiger partial charge in [-0.05, 0) is 35.7 Å². The lowest BCUT2D eigenvalue weighted by Crippen LogP contribution is -2.15. The van der Waals surface area contributed by atoms with Crippen LogP contribution in [0.5, 0.6) is 0 Å². The van der Waals surface area contributed by atoms with Gasteiger partial charge in [0.05, 0.1) is 22.3 Å². The third-order valence-electron chi connectivity index (χ3n) is 2.67. The first kappa shape index (κ1) is 15.4. The van der Waals surface area contributed by atoms with Gasteiger partial charge in [0.1, 0.15) is 6.61 Å². The van der Waals surface area contributed by atoms with Crippen LogP contribution >= 0.6 is 15.9 Å². The van der Waals surface area contributed by atoms with Crippen LogP contribution in [0.25, 0.3) is 0 Å². The van der Waals surface area contributed by atoms with E-state index in [1.807, 2.05) is 18.5 Å². The fourth-order valence-electron chi connectivity index (χ4n) is 1.75. The molecule has 0 saturated heterocycles. The molecule has 5 heteroatoms. The van der Waals surface area contributed by atoms with Crippen LogP contribution < -0.4 is 0 Å². The normalized spacial score (nSPS) is 10.9. The monoisotopic (exact) mass is 316 g/mol. The maximum atomic E-state index is 11.8. The lowest BCUT2D eigenvalue weighted by molar-refractivity contribution is -0.123. The summed E-state index contributed by atoms with van der Waals surface area (Å²) in [6.07, 6.45) is 2.18. The number of Topliss-reactive ketones (excluding diaryl/α,β-unsaturated/α-hetero) is 1. The second-order valence-corrected chi connectivity index (χ2v) is 4.94. The lowest BCUT2D eigenvalue weighted by Gasteiger charge is -2.05. The topological polar surface area (TPSA) is 44.1 Å². The number of hydrogen-bond donors (Lipinski definition) is 0. The summed E-state index contributed by atoms with van der Waals surface area (Å²) in [5, 5.41) is 4.47. The van der Waals surface area contributed by atoms with E-state index >= 15 is 0 Å². The minimum atomic E-state index is 0.0985. The van der Waals surface area contributed by atoms with Crippen molar-refractivity contribution >= 4 is 21.7 Å². The van der Waals surface area contributed by atoms with Crippen LogP contribution in [0.15, 0.2) is 4.47 Å². The summed E-state index contributed by atoms with van der Waals surface area (Å²) >= 11 is 3.54. The summed E-state index contributed by atoms with van der Waals surface area (Å²) in [6, 6.07) is 0. The van der Waals surface area contributed by atoms with Gasteiger partial charge in [0, 0.05) is 13.2 Å². The van der Waals surface area contributed by atoms with Gasteiger partial charge < -0.3 is 4.74 Å². The molecule has 0 aliphatic carbocycles. The zero-order valence-corrected chi connectivity index (χ0v) is 12.9. The van der Waals surface area contributed by atoms with E-state index in [9.17, 15) is 4.79 Å². The maximum absolute atomic E-state index is 11.8. The average Bonchev–Trinajstić information content (AvgIpc) is 2.66. The molecule has 1 rings (SSSR count). The highest BCUT2D eigenvalue weighted by Gasteiger charge is 2.16. The number of hydrogen-bond acceptors (Lipinski definition) is 3. The molecule has 0 amide bonds. The zero-order chi connectivity index (χ0) is 13.5. The lowest BCUT2D eigenvalue weighted by atomic mass is 10.2. The van der Waals surface area contributed by atoms with Gasteiger partial charge in [0.15, 0.2) is 5.78 Å². The van der Waals surface area contributed by atoms with E-state index in [0.29, 0.717) is 13.0 Å². The molecular formula is C13H21BrN2O2. The van der Waals surface area contributed by atoms with Gasteiger partial charge in [-0.2, -0.15) is 5.10 Å². The van der Waals surface area contributed by atoms with Crippen molar-refractivity contribution in [3.63, 3.8) is 0 Å². The second kappa shape index (κ2) is 7.69. The smallest absolute Gasteiger partial charge is 0.164 e. The van der Waals surface area contributed by atoms with Crippen molar-refractivity contribution in [3.05, 3.63) is 15.9 Å². The van der Waals surface area contributed by atoms with Gasteiger partial charge in [-0.3, -0.25) is 9.48 Å². The quantitative estimate of drug-likeness (QED) is 0.693. The molecular weight excluding hydrogens is 296 g/mol. The van der Waals surface area contributed by atoms with Crippen LogP contribution in [-0.2, 0) is 28.9 Å². The van der Waals surface area contributed by atoms with Gasteiger partial charge in [-0.15, -0.1) is 0 Å². The van der Waals surface area contributed by atoms with Crippen molar-refractivity contribution in [3.8, 4) is 0 Å². The van der Waals surface area contributed by atoms with Gasteiger partial charge in [-0.1, -0.05) is 13.8 Å². The molecule has 1 heterocycles. The Balaban J connectivity index is 2.70. The van der Waals surface area contributed by atoms with Crippen molar-refractivity contribution in [2.45, 2.75) is 46.6 Å². The minimum absolute atomic E-state index is 0.0985. The number of aryl methyl sites for hydroxylation is 2. The van der Waals surface area contributed by atoms with E-state index in [1.165, 1.54) is 0 Å². The number of aromatic nitrogens is 2. The molecule has 1 aromatic heterocycles. The Hall–Kier alpha value is -0.680. The van der Waals surface area contributed by atoms with Gasteiger partial charge in [-0.25, -0.2) is 0 Å². The molecule has 0 saturated carbocycles. The van der Waals surface area contributed by atoms with Crippen LogP contribution in [0.4, 0.5) is 0 Å². The van der Waals surface area contributed by atoms with Crippen molar-refractivity contribution in [1.29, 1.82) is 0 Å². The van der Waals surface area contributed by atoms with Crippen LogP contribution in [0, 0.1) is 0 Å². The van der Waals surface area contributed by atoms with Crippen LogP contribution in [0.3, 0.4) is 0 Å². The highest BCUT2D eigenvalue weighted by Crippen LogP contribution is 2.22. The van der Waals surface area contributed by atoms with Gasteiger partial charge >= 0.3 is 0 Å². The Morgan fingerprint density at radius 1 is 1.39 bits per heavy atom. The van der Waals surface area contributed by atoms with Gasteiger partial charge in [0.25, 0.3) is 0 Å². The van der Waals surface area contributed by atoms with Crippen LogP contribution in [-0.4, -0.2) is 28.8 Å². The Bertz CT molecular complexity index is 402. The summed E-state index contributed by atoms with van der Waals surface area (Å²) in [5.41, 5.74) is 1.97. The number of carbonyl (C=O) groups excluding carboxylic acids is 1. The molecule has 0 bridgehead atoms. The highest BCUT2D eigenvalue weighted by atomic mass is 79.9. The van der Waals surface area contributed by atoms with Crippen LogP contribution in [0.2, 0.25) is 0 Å². The molecule has 0 atom stereocenters. The number of carbonyl (C=O) groups is 1. The van der Waals surface area contributed by atoms with Crippen molar-refractivity contribution in [1.82, 2.24) is 9.78 Å². The number of nitrogens with zero attached hydrogens (tertiary/aromatic N) is 2. The number of ketones is 1. The summed E-state index contributed by atoms with van der Waals surface area (Å²) < 4.78 is 8.13. The molecule has 4 nitrogen and oxygen atoms in total. The van der Waals surface area contributed by atoms with Crippen LogP contribution in [0.1, 0.15) is 38.6 Å². The molecule has 102 valence electrons. The largest absolute Gasteiger partial charge is 0.374 e. The average molecular weight is 317 g/mol. The number of rotatable bonds is 8. The Kier molecular flexibility index (Phi) is 6.57. The SMILES string of the molecule is CCCOCC(=O)Cc1c(Br)c(CC)nn1CC. The predicted octanol–water partition coefficient (Wildman–Crippen LogP) is 2.77. The van der Waals surface area contributed by atoms with Crippen molar-refractivity contribution in [2.24, 2.45) is 0 Å². The van der Waals surface area contributed by atoms with Crippen molar-refractivity contribution in [2.75, 3.05) is 13.2 Å². The molecule has 0 fully saturated rings. The van der Waals surface area contributed by atoms with Gasteiger partial charge in [0.2, 0.25) is 0 Å². The first-order valence-corrected chi connectivity index (χ1v) is 7.26. The zero-order valence-electron chi connectivity index (χ0n) is 11.3. The second-order valence-electron chi connectivity index (χ2n) is 4.14. The third kappa shape index (κ3) is 3.92. The van der Waals surface area contributed by atoms with E-state index < -0.39 is 0 Å². The van der Waals surface area contributed by atoms with Crippen molar-refractivity contribution < 1.29 is 9.53 Å². The van der Waals surface area contributed by atoms with E-state index in [2.05, 4.69) is 28.0 Å². The number of ether oxygens (including phenoxy) is 1. The molecule has 0 radical (unpaired) electrons. The molecule has 18 heavy (non-hydrogen) atoms. The van der Waals surface area contributed by atoms with E-state index in [-0.39, 0.29) is 12.4 Å². The summed E-state index contributed by atoms with van der Waals surface area (Å²) in [5.74, 6) is 0.0985. The third-order valence-corrected chi connectivity index (χ3v) is 3.59. The predicted molar refractivity (Wildman–Crippen MR) is 74.8 cm³/mol. The molecule has 0 spiro atoms. The summed E-state index contributed by atoms with van der Waals surface area (Å²) in [6.45, 7) is 7.72. The fourth-order valence-corrected chi connectivity index (χ4v) is 2.46. The highest BCUT2D eigenvalue weighted by molar-refractivity contribution is 9.10. The molecule has 0 aliphatic rings. The van der Waals surface area contributed by atoms with E-state index in [0.717, 1.165) is 35.2 Å². The minimum Gasteiger partial charge on any atom is -0.374 e. The molecule has 1 aromatic rings. The Morgan fingerprint density at radius 2 is 2.11 bits per heavy atom. The first-order valence-electron chi connectivity index (χ1n) is 6.47. The molecule has 0 aromatic carbocycles. The van der Waals surface area contributed by atoms with E-state index in [1.54, 1.807) is 0 Å². The van der Waals surface area contributed by atoms with E-state index in [4.69, 9.17) is 4.74 Å².